The lowest BCUT2D eigenvalue weighted by Crippen LogP contribution is -2.15. The Morgan fingerprint density at radius 2 is 2.18 bits per heavy atom. The molecule has 0 spiro atoms. The third kappa shape index (κ3) is 3.07. The minimum absolute atomic E-state index is 0.0273. The van der Waals surface area contributed by atoms with Gasteiger partial charge in [0.1, 0.15) is 0 Å². The van der Waals surface area contributed by atoms with E-state index in [1.54, 1.807) is 0 Å². The average molecular weight is 341 g/mol. The summed E-state index contributed by atoms with van der Waals surface area (Å²) in [7, 11) is 1.96. The standard InChI is InChI=1S/C13H16IN3/c1-9-6-12(17(2)16-9)8-13(15)10-4-3-5-11(14)7-10/h3-7,13H,8,15H2,1-2H3. The number of nitrogens with zero attached hydrogens (tertiary/aromatic N) is 2. The number of rotatable bonds is 3. The molecule has 4 heteroatoms. The van der Waals surface area contributed by atoms with Gasteiger partial charge in [0.25, 0.3) is 0 Å². The van der Waals surface area contributed by atoms with E-state index in [9.17, 15) is 0 Å². The zero-order chi connectivity index (χ0) is 12.4. The fraction of sp³-hybridized carbons (Fsp3) is 0.308. The molecule has 2 aromatic rings. The highest BCUT2D eigenvalue weighted by Gasteiger charge is 2.10. The van der Waals surface area contributed by atoms with Gasteiger partial charge in [-0.25, -0.2) is 0 Å². The molecule has 0 fully saturated rings. The number of nitrogens with two attached hydrogens (primary N) is 1. The molecule has 90 valence electrons. The smallest absolute Gasteiger partial charge is 0.0596 e. The van der Waals surface area contributed by atoms with Gasteiger partial charge in [0, 0.05) is 28.8 Å². The maximum absolute atomic E-state index is 6.23. The Hall–Kier alpha value is -0.880. The van der Waals surface area contributed by atoms with E-state index in [1.807, 2.05) is 24.7 Å². The lowest BCUT2D eigenvalue weighted by atomic mass is 10.0. The summed E-state index contributed by atoms with van der Waals surface area (Å²) in [5.74, 6) is 0. The molecular formula is C13H16IN3. The molecule has 0 saturated heterocycles. The summed E-state index contributed by atoms with van der Waals surface area (Å²) in [6.07, 6.45) is 0.817. The SMILES string of the molecule is Cc1cc(CC(N)c2cccc(I)c2)n(C)n1. The van der Waals surface area contributed by atoms with Gasteiger partial charge in [-0.1, -0.05) is 12.1 Å². The van der Waals surface area contributed by atoms with Gasteiger partial charge in [0.05, 0.1) is 5.69 Å². The predicted octanol–water partition coefficient (Wildman–Crippen LogP) is 2.58. The molecule has 0 aliphatic carbocycles. The van der Waals surface area contributed by atoms with Crippen LogP contribution < -0.4 is 5.73 Å². The van der Waals surface area contributed by atoms with Crippen molar-refractivity contribution in [2.45, 2.75) is 19.4 Å². The quantitative estimate of drug-likeness (QED) is 0.872. The second-order valence-corrected chi connectivity index (χ2v) is 5.51. The molecule has 1 atom stereocenters. The fourth-order valence-electron chi connectivity index (χ4n) is 1.94. The molecule has 0 radical (unpaired) electrons. The van der Waals surface area contributed by atoms with E-state index < -0.39 is 0 Å². The van der Waals surface area contributed by atoms with Crippen LogP contribution in [0.4, 0.5) is 0 Å². The zero-order valence-corrected chi connectivity index (χ0v) is 12.2. The number of aromatic nitrogens is 2. The maximum Gasteiger partial charge on any atom is 0.0596 e. The number of hydrogen-bond donors (Lipinski definition) is 1. The largest absolute Gasteiger partial charge is 0.324 e. The molecule has 0 aliphatic heterocycles. The Morgan fingerprint density at radius 3 is 2.76 bits per heavy atom. The second-order valence-electron chi connectivity index (χ2n) is 4.27. The van der Waals surface area contributed by atoms with Crippen molar-refractivity contribution in [3.8, 4) is 0 Å². The van der Waals surface area contributed by atoms with Gasteiger partial charge in [-0.2, -0.15) is 5.10 Å². The first kappa shape index (κ1) is 12.6. The first-order chi connectivity index (χ1) is 8.06. The second kappa shape index (κ2) is 5.18. The van der Waals surface area contributed by atoms with Crippen molar-refractivity contribution < 1.29 is 0 Å². The van der Waals surface area contributed by atoms with Crippen molar-refractivity contribution in [2.75, 3.05) is 0 Å². The van der Waals surface area contributed by atoms with Gasteiger partial charge >= 0.3 is 0 Å². The zero-order valence-electron chi connectivity index (χ0n) is 10.0. The van der Waals surface area contributed by atoms with E-state index in [0.29, 0.717) is 0 Å². The van der Waals surface area contributed by atoms with E-state index in [-0.39, 0.29) is 6.04 Å². The summed E-state index contributed by atoms with van der Waals surface area (Å²) in [5.41, 5.74) is 9.62. The summed E-state index contributed by atoms with van der Waals surface area (Å²) in [4.78, 5) is 0. The summed E-state index contributed by atoms with van der Waals surface area (Å²) in [6.45, 7) is 2.00. The van der Waals surface area contributed by atoms with Crippen LogP contribution >= 0.6 is 22.6 Å². The Kier molecular flexibility index (Phi) is 3.83. The third-order valence-corrected chi connectivity index (χ3v) is 3.48. The monoisotopic (exact) mass is 341 g/mol. The molecule has 0 bridgehead atoms. The maximum atomic E-state index is 6.23. The van der Waals surface area contributed by atoms with Crippen LogP contribution in [0.2, 0.25) is 0 Å². The molecule has 1 aromatic heterocycles. The molecule has 2 rings (SSSR count). The Bertz CT molecular complexity index is 519. The van der Waals surface area contributed by atoms with Crippen molar-refractivity contribution in [1.29, 1.82) is 0 Å². The van der Waals surface area contributed by atoms with Crippen LogP contribution in [0.1, 0.15) is 23.0 Å². The summed E-state index contributed by atoms with van der Waals surface area (Å²) in [5, 5.41) is 4.33. The van der Waals surface area contributed by atoms with E-state index in [1.165, 1.54) is 14.8 Å². The van der Waals surface area contributed by atoms with Crippen LogP contribution in [0.3, 0.4) is 0 Å². The first-order valence-electron chi connectivity index (χ1n) is 5.57. The van der Waals surface area contributed by atoms with E-state index >= 15 is 0 Å². The number of benzene rings is 1. The number of halogens is 1. The first-order valence-corrected chi connectivity index (χ1v) is 6.64. The lowest BCUT2D eigenvalue weighted by molar-refractivity contribution is 0.639. The molecule has 0 aliphatic rings. The van der Waals surface area contributed by atoms with Gasteiger partial charge in [-0.05, 0) is 53.3 Å². The molecule has 0 amide bonds. The van der Waals surface area contributed by atoms with Crippen molar-refractivity contribution in [3.63, 3.8) is 0 Å². The molecule has 1 unspecified atom stereocenters. The Morgan fingerprint density at radius 1 is 1.41 bits per heavy atom. The normalized spacial score (nSPS) is 12.7. The van der Waals surface area contributed by atoms with E-state index in [4.69, 9.17) is 5.73 Å². The molecule has 3 nitrogen and oxygen atoms in total. The van der Waals surface area contributed by atoms with Gasteiger partial charge in [0.2, 0.25) is 0 Å². The minimum Gasteiger partial charge on any atom is -0.324 e. The topological polar surface area (TPSA) is 43.8 Å². The van der Waals surface area contributed by atoms with E-state index in [2.05, 4.69) is 52.0 Å². The number of hydrogen-bond acceptors (Lipinski definition) is 2. The predicted molar refractivity (Wildman–Crippen MR) is 77.7 cm³/mol. The van der Waals surface area contributed by atoms with E-state index in [0.717, 1.165) is 12.1 Å². The fourth-order valence-corrected chi connectivity index (χ4v) is 2.50. The molecular weight excluding hydrogens is 325 g/mol. The van der Waals surface area contributed by atoms with Crippen molar-refractivity contribution in [1.82, 2.24) is 9.78 Å². The van der Waals surface area contributed by atoms with Gasteiger partial charge in [-0.3, -0.25) is 4.68 Å². The van der Waals surface area contributed by atoms with Crippen molar-refractivity contribution in [3.05, 3.63) is 50.9 Å². The molecule has 1 aromatic carbocycles. The van der Waals surface area contributed by atoms with Gasteiger partial charge in [-0.15, -0.1) is 0 Å². The Labute approximate surface area is 115 Å². The highest BCUT2D eigenvalue weighted by molar-refractivity contribution is 14.1. The summed E-state index contributed by atoms with van der Waals surface area (Å²) < 4.78 is 3.13. The van der Waals surface area contributed by atoms with Crippen LogP contribution in [0, 0.1) is 10.5 Å². The van der Waals surface area contributed by atoms with Crippen LogP contribution in [0.25, 0.3) is 0 Å². The lowest BCUT2D eigenvalue weighted by Gasteiger charge is -2.12. The van der Waals surface area contributed by atoms with Crippen LogP contribution in [-0.4, -0.2) is 9.78 Å². The summed E-state index contributed by atoms with van der Waals surface area (Å²) in [6, 6.07) is 10.5. The van der Waals surface area contributed by atoms with Crippen LogP contribution in [-0.2, 0) is 13.5 Å². The molecule has 0 saturated carbocycles. The van der Waals surface area contributed by atoms with Crippen molar-refractivity contribution in [2.24, 2.45) is 12.8 Å². The highest BCUT2D eigenvalue weighted by Crippen LogP contribution is 2.18. The number of aryl methyl sites for hydroxylation is 2. The third-order valence-electron chi connectivity index (χ3n) is 2.80. The van der Waals surface area contributed by atoms with Crippen LogP contribution in [0.5, 0.6) is 0 Å². The van der Waals surface area contributed by atoms with Crippen LogP contribution in [0.15, 0.2) is 30.3 Å². The molecule has 2 N–H and O–H groups in total. The molecule has 17 heavy (non-hydrogen) atoms. The van der Waals surface area contributed by atoms with Gasteiger partial charge in [0.15, 0.2) is 0 Å². The molecule has 1 heterocycles. The highest BCUT2D eigenvalue weighted by atomic mass is 127. The van der Waals surface area contributed by atoms with Crippen molar-refractivity contribution >= 4 is 22.6 Å². The Balaban J connectivity index is 2.16. The average Bonchev–Trinajstić information content (AvgIpc) is 2.57. The summed E-state index contributed by atoms with van der Waals surface area (Å²) >= 11 is 2.31. The van der Waals surface area contributed by atoms with Gasteiger partial charge < -0.3 is 5.73 Å². The minimum atomic E-state index is 0.0273.